The second-order valence-corrected chi connectivity index (χ2v) is 9.11. The van der Waals surface area contributed by atoms with E-state index >= 15 is 0 Å². The van der Waals surface area contributed by atoms with Crippen molar-refractivity contribution in [3.8, 4) is 17.1 Å². The van der Waals surface area contributed by atoms with Gasteiger partial charge in [0.05, 0.1) is 23.9 Å². The average Bonchev–Trinajstić information content (AvgIpc) is 3.09. The van der Waals surface area contributed by atoms with Crippen LogP contribution in [0, 0.1) is 24.7 Å². The number of nitrogens with zero attached hydrogens (tertiary/aromatic N) is 5. The van der Waals surface area contributed by atoms with Gasteiger partial charge in [0.2, 0.25) is 0 Å². The lowest BCUT2D eigenvalue weighted by atomic mass is 9.74. The van der Waals surface area contributed by atoms with E-state index in [4.69, 9.17) is 9.47 Å². The van der Waals surface area contributed by atoms with Crippen LogP contribution in [0.2, 0.25) is 0 Å². The molecule has 0 unspecified atom stereocenters. The van der Waals surface area contributed by atoms with Crippen LogP contribution < -0.4 is 4.74 Å². The molecule has 10 heteroatoms. The van der Waals surface area contributed by atoms with Crippen molar-refractivity contribution in [2.24, 2.45) is 24.8 Å². The van der Waals surface area contributed by atoms with Crippen LogP contribution in [0.15, 0.2) is 12.1 Å². The molecule has 2 aliphatic rings. The van der Waals surface area contributed by atoms with E-state index in [1.165, 1.54) is 19.3 Å². The van der Waals surface area contributed by atoms with Crippen molar-refractivity contribution in [1.82, 2.24) is 24.9 Å². The monoisotopic (exact) mass is 457 g/mol. The van der Waals surface area contributed by atoms with Crippen LogP contribution in [0.5, 0.6) is 5.75 Å². The van der Waals surface area contributed by atoms with Crippen molar-refractivity contribution < 1.29 is 24.2 Å². The summed E-state index contributed by atoms with van der Waals surface area (Å²) in [6, 6.07) is 3.60. The van der Waals surface area contributed by atoms with Gasteiger partial charge < -0.3 is 19.5 Å². The standard InChI is InChI=1S/C23H31N5O5/c1-14-20(32-12-16-7-8-17(16)22(29)30)10-9-18(24-14)21-19(28(3)26-25-21)13-33-23(31)27(2)11-15-5-4-6-15/h9-10,15-17H,4-8,11-13H2,1-3H3,(H,29,30)/t16-,17+/m1/s1. The molecule has 2 aromatic rings. The summed E-state index contributed by atoms with van der Waals surface area (Å²) < 4.78 is 13.0. The summed E-state index contributed by atoms with van der Waals surface area (Å²) in [5, 5.41) is 17.5. The molecule has 2 fully saturated rings. The van der Waals surface area contributed by atoms with Crippen LogP contribution in [0.25, 0.3) is 11.4 Å². The van der Waals surface area contributed by atoms with Crippen molar-refractivity contribution in [2.75, 3.05) is 20.2 Å². The number of ether oxygens (including phenoxy) is 2. The van der Waals surface area contributed by atoms with Gasteiger partial charge in [0.15, 0.2) is 0 Å². The van der Waals surface area contributed by atoms with E-state index in [0.717, 1.165) is 6.42 Å². The van der Waals surface area contributed by atoms with Gasteiger partial charge in [-0.25, -0.2) is 14.5 Å². The van der Waals surface area contributed by atoms with E-state index in [2.05, 4.69) is 15.3 Å². The fraction of sp³-hybridized carbons (Fsp3) is 0.609. The zero-order valence-electron chi connectivity index (χ0n) is 19.4. The van der Waals surface area contributed by atoms with Crippen LogP contribution in [0.1, 0.15) is 43.5 Å². The Kier molecular flexibility index (Phi) is 6.80. The molecule has 1 N–H and O–H groups in total. The number of amides is 1. The van der Waals surface area contributed by atoms with Gasteiger partial charge >= 0.3 is 12.1 Å². The number of pyridine rings is 1. The van der Waals surface area contributed by atoms with E-state index < -0.39 is 5.97 Å². The highest BCUT2D eigenvalue weighted by Gasteiger charge is 2.37. The van der Waals surface area contributed by atoms with E-state index in [1.54, 1.807) is 29.7 Å². The zero-order valence-corrected chi connectivity index (χ0v) is 19.4. The van der Waals surface area contributed by atoms with Crippen LogP contribution in [-0.2, 0) is 23.2 Å². The Morgan fingerprint density at radius 2 is 2.03 bits per heavy atom. The molecule has 178 valence electrons. The Morgan fingerprint density at radius 3 is 2.64 bits per heavy atom. The fourth-order valence-corrected chi connectivity index (χ4v) is 4.24. The van der Waals surface area contributed by atoms with Crippen molar-refractivity contribution in [2.45, 2.75) is 45.6 Å². The summed E-state index contributed by atoms with van der Waals surface area (Å²) in [7, 11) is 3.51. The van der Waals surface area contributed by atoms with Gasteiger partial charge in [-0.15, -0.1) is 5.10 Å². The van der Waals surface area contributed by atoms with E-state index in [9.17, 15) is 14.7 Å². The largest absolute Gasteiger partial charge is 0.491 e. The molecule has 0 spiro atoms. The molecule has 1 amide bonds. The fourth-order valence-electron chi connectivity index (χ4n) is 4.24. The minimum atomic E-state index is -0.759. The molecule has 0 aromatic carbocycles. The summed E-state index contributed by atoms with van der Waals surface area (Å²) >= 11 is 0. The van der Waals surface area contributed by atoms with Gasteiger partial charge in [0.1, 0.15) is 23.7 Å². The zero-order chi connectivity index (χ0) is 23.5. The van der Waals surface area contributed by atoms with Crippen molar-refractivity contribution in [1.29, 1.82) is 0 Å². The molecule has 2 heterocycles. The maximum Gasteiger partial charge on any atom is 0.409 e. The van der Waals surface area contributed by atoms with Gasteiger partial charge in [0, 0.05) is 26.6 Å². The van der Waals surface area contributed by atoms with Crippen molar-refractivity contribution in [3.05, 3.63) is 23.5 Å². The van der Waals surface area contributed by atoms with E-state index in [-0.39, 0.29) is 24.5 Å². The topological polar surface area (TPSA) is 120 Å². The average molecular weight is 458 g/mol. The highest BCUT2D eigenvalue weighted by atomic mass is 16.6. The van der Waals surface area contributed by atoms with Crippen molar-refractivity contribution >= 4 is 12.1 Å². The molecule has 33 heavy (non-hydrogen) atoms. The summed E-state index contributed by atoms with van der Waals surface area (Å²) in [5.74, 6) is 0.138. The number of carbonyl (C=O) groups is 2. The molecule has 0 saturated heterocycles. The van der Waals surface area contributed by atoms with Crippen LogP contribution in [0.3, 0.4) is 0 Å². The third kappa shape index (κ3) is 5.09. The molecule has 0 aliphatic heterocycles. The van der Waals surface area contributed by atoms with E-state index in [0.29, 0.717) is 54.0 Å². The predicted octanol–water partition coefficient (Wildman–Crippen LogP) is 3.04. The number of carboxylic acid groups (broad SMARTS) is 1. The Bertz CT molecular complexity index is 1020. The number of aromatic nitrogens is 4. The summed E-state index contributed by atoms with van der Waals surface area (Å²) in [6.45, 7) is 2.95. The molecule has 4 rings (SSSR count). The first-order valence-corrected chi connectivity index (χ1v) is 11.4. The molecule has 2 aliphatic carbocycles. The summed E-state index contributed by atoms with van der Waals surface area (Å²) in [4.78, 5) is 29.8. The van der Waals surface area contributed by atoms with Crippen LogP contribution in [0.4, 0.5) is 4.79 Å². The molecule has 10 nitrogen and oxygen atoms in total. The third-order valence-electron chi connectivity index (χ3n) is 6.81. The molecular formula is C23H31N5O5. The molecule has 0 bridgehead atoms. The van der Waals surface area contributed by atoms with Gasteiger partial charge in [-0.2, -0.15) is 0 Å². The van der Waals surface area contributed by atoms with Gasteiger partial charge in [-0.05, 0) is 50.7 Å². The number of hydrogen-bond acceptors (Lipinski definition) is 7. The maximum atomic E-state index is 12.4. The number of rotatable bonds is 9. The number of aryl methyl sites for hydroxylation is 2. The molecule has 2 aromatic heterocycles. The Labute approximate surface area is 192 Å². The first-order valence-electron chi connectivity index (χ1n) is 11.4. The van der Waals surface area contributed by atoms with E-state index in [1.807, 2.05) is 13.0 Å². The highest BCUT2D eigenvalue weighted by molar-refractivity contribution is 5.71. The minimum absolute atomic E-state index is 0.0327. The predicted molar refractivity (Wildman–Crippen MR) is 118 cm³/mol. The van der Waals surface area contributed by atoms with Gasteiger partial charge in [-0.1, -0.05) is 11.6 Å². The third-order valence-corrected chi connectivity index (χ3v) is 6.81. The SMILES string of the molecule is Cc1nc(-c2nnn(C)c2COC(=O)N(C)CC2CCC2)ccc1OC[C@H]1CC[C@@H]1C(=O)O. The Morgan fingerprint density at radius 1 is 1.24 bits per heavy atom. The highest BCUT2D eigenvalue weighted by Crippen LogP contribution is 2.35. The lowest BCUT2D eigenvalue weighted by molar-refractivity contribution is -0.148. The maximum absolute atomic E-state index is 12.4. The molecule has 2 saturated carbocycles. The first-order chi connectivity index (χ1) is 15.8. The van der Waals surface area contributed by atoms with Gasteiger partial charge in [0.25, 0.3) is 0 Å². The molecule has 2 atom stereocenters. The first kappa shape index (κ1) is 23.0. The Balaban J connectivity index is 1.38. The summed E-state index contributed by atoms with van der Waals surface area (Å²) in [5.41, 5.74) is 2.48. The number of carboxylic acids is 1. The van der Waals surface area contributed by atoms with Crippen molar-refractivity contribution in [3.63, 3.8) is 0 Å². The number of aliphatic carboxylic acids is 1. The van der Waals surface area contributed by atoms with Crippen LogP contribution >= 0.6 is 0 Å². The van der Waals surface area contributed by atoms with Crippen LogP contribution in [-0.4, -0.2) is 62.2 Å². The lowest BCUT2D eigenvalue weighted by Gasteiger charge is -2.33. The quantitative estimate of drug-likeness (QED) is 0.610. The normalized spacial score (nSPS) is 20.0. The lowest BCUT2D eigenvalue weighted by Crippen LogP contribution is -2.36. The smallest absolute Gasteiger partial charge is 0.409 e. The molecular weight excluding hydrogens is 426 g/mol. The second kappa shape index (κ2) is 9.76. The number of carbonyl (C=O) groups excluding carboxylic acids is 1. The second-order valence-electron chi connectivity index (χ2n) is 9.11. The Hall–Kier alpha value is -3.17. The number of hydrogen-bond donors (Lipinski definition) is 1. The summed E-state index contributed by atoms with van der Waals surface area (Å²) in [6.07, 6.45) is 4.77. The minimum Gasteiger partial charge on any atom is -0.491 e. The van der Waals surface area contributed by atoms with Gasteiger partial charge in [-0.3, -0.25) is 4.79 Å². The molecule has 0 radical (unpaired) electrons.